The largest absolute Gasteiger partial charge is 0.493 e. The molecule has 1 saturated carbocycles. The Morgan fingerprint density at radius 2 is 1.76 bits per heavy atom. The first-order valence-electron chi connectivity index (χ1n) is 7.95. The maximum atomic E-state index is 5.37. The van der Waals surface area contributed by atoms with Crippen molar-refractivity contribution in [3.8, 4) is 11.5 Å². The molecule has 1 unspecified atom stereocenters. The van der Waals surface area contributed by atoms with Crippen LogP contribution < -0.4 is 14.8 Å². The summed E-state index contributed by atoms with van der Waals surface area (Å²) >= 11 is 0. The van der Waals surface area contributed by atoms with Gasteiger partial charge in [-0.1, -0.05) is 19.9 Å². The Labute approximate surface area is 129 Å². The number of rotatable bonds is 8. The molecule has 0 aliphatic heterocycles. The van der Waals surface area contributed by atoms with E-state index in [2.05, 4.69) is 38.2 Å². The van der Waals surface area contributed by atoms with Gasteiger partial charge >= 0.3 is 0 Å². The Bertz CT molecular complexity index is 466. The summed E-state index contributed by atoms with van der Waals surface area (Å²) in [6, 6.07) is 6.65. The molecule has 1 N–H and O–H groups in total. The Balaban J connectivity index is 1.89. The van der Waals surface area contributed by atoms with E-state index in [1.165, 1.54) is 18.4 Å². The summed E-state index contributed by atoms with van der Waals surface area (Å²) in [6.07, 6.45) is 3.76. The Hall–Kier alpha value is -1.22. The highest BCUT2D eigenvalue weighted by atomic mass is 16.5. The maximum absolute atomic E-state index is 5.37. The molecule has 3 nitrogen and oxygen atoms in total. The molecule has 1 atom stereocenters. The third-order valence-corrected chi connectivity index (χ3v) is 4.91. The molecule has 0 bridgehead atoms. The van der Waals surface area contributed by atoms with E-state index >= 15 is 0 Å². The van der Waals surface area contributed by atoms with Crippen molar-refractivity contribution in [2.24, 2.45) is 11.3 Å². The van der Waals surface area contributed by atoms with Gasteiger partial charge in [-0.25, -0.2) is 0 Å². The summed E-state index contributed by atoms with van der Waals surface area (Å²) in [7, 11) is 3.35. The average molecular weight is 291 g/mol. The van der Waals surface area contributed by atoms with Crippen LogP contribution in [0.4, 0.5) is 0 Å². The predicted molar refractivity (Wildman–Crippen MR) is 87.2 cm³/mol. The summed E-state index contributed by atoms with van der Waals surface area (Å²) in [5.41, 5.74) is 1.84. The zero-order valence-corrected chi connectivity index (χ0v) is 14.0. The summed E-state index contributed by atoms with van der Waals surface area (Å²) < 4.78 is 10.7. The van der Waals surface area contributed by atoms with Crippen LogP contribution in [-0.4, -0.2) is 26.8 Å². The third-order valence-electron chi connectivity index (χ3n) is 4.91. The van der Waals surface area contributed by atoms with Crippen molar-refractivity contribution in [3.63, 3.8) is 0 Å². The summed E-state index contributed by atoms with van der Waals surface area (Å²) in [5, 5.41) is 3.71. The molecule has 2 rings (SSSR count). The van der Waals surface area contributed by atoms with Crippen LogP contribution in [0.25, 0.3) is 0 Å². The summed E-state index contributed by atoms with van der Waals surface area (Å²) in [4.78, 5) is 0. The van der Waals surface area contributed by atoms with Crippen molar-refractivity contribution in [2.75, 3.05) is 20.8 Å². The molecule has 0 radical (unpaired) electrons. The number of benzene rings is 1. The highest BCUT2D eigenvalue weighted by molar-refractivity contribution is 5.43. The first-order chi connectivity index (χ1) is 10.0. The second kappa shape index (κ2) is 6.69. The number of ether oxygens (including phenoxy) is 2. The van der Waals surface area contributed by atoms with E-state index in [9.17, 15) is 0 Å². The molecule has 0 aromatic heterocycles. The molecule has 0 heterocycles. The van der Waals surface area contributed by atoms with Crippen LogP contribution in [0.3, 0.4) is 0 Å². The maximum Gasteiger partial charge on any atom is 0.160 e. The van der Waals surface area contributed by atoms with Crippen LogP contribution in [0.5, 0.6) is 11.5 Å². The minimum Gasteiger partial charge on any atom is -0.493 e. The number of methoxy groups -OCH3 is 2. The third kappa shape index (κ3) is 3.91. The van der Waals surface area contributed by atoms with E-state index in [0.717, 1.165) is 30.4 Å². The lowest BCUT2D eigenvalue weighted by Gasteiger charge is -2.23. The molecule has 0 spiro atoms. The van der Waals surface area contributed by atoms with Crippen molar-refractivity contribution >= 4 is 0 Å². The zero-order chi connectivity index (χ0) is 15.5. The molecule has 118 valence electrons. The highest BCUT2D eigenvalue weighted by Crippen LogP contribution is 2.51. The van der Waals surface area contributed by atoms with Crippen LogP contribution in [0.15, 0.2) is 18.2 Å². The van der Waals surface area contributed by atoms with Crippen LogP contribution in [0, 0.1) is 11.3 Å². The van der Waals surface area contributed by atoms with Gasteiger partial charge in [-0.2, -0.15) is 0 Å². The minimum absolute atomic E-state index is 0.472. The molecular weight excluding hydrogens is 262 g/mol. The van der Waals surface area contributed by atoms with Crippen LogP contribution >= 0.6 is 0 Å². The van der Waals surface area contributed by atoms with Crippen LogP contribution in [-0.2, 0) is 6.42 Å². The Morgan fingerprint density at radius 1 is 1.10 bits per heavy atom. The fraction of sp³-hybridized carbons (Fsp3) is 0.667. The molecule has 1 aliphatic rings. The van der Waals surface area contributed by atoms with Crippen LogP contribution in [0.2, 0.25) is 0 Å². The SMILES string of the molecule is COc1ccc(CC(C)NCC2(C(C)C)CC2)cc1OC. The molecule has 3 heteroatoms. The van der Waals surface area contributed by atoms with E-state index in [0.29, 0.717) is 11.5 Å². The van der Waals surface area contributed by atoms with Gasteiger partial charge in [0.05, 0.1) is 14.2 Å². The Morgan fingerprint density at radius 3 is 2.29 bits per heavy atom. The van der Waals surface area contributed by atoms with Crippen molar-refractivity contribution in [3.05, 3.63) is 23.8 Å². The lowest BCUT2D eigenvalue weighted by molar-refractivity contribution is 0.323. The average Bonchev–Trinajstić information content (AvgIpc) is 3.26. The van der Waals surface area contributed by atoms with Gasteiger partial charge in [0, 0.05) is 12.6 Å². The fourth-order valence-electron chi connectivity index (χ4n) is 2.93. The first-order valence-corrected chi connectivity index (χ1v) is 7.95. The standard InChI is InChI=1S/C18H29NO2/c1-13(2)18(8-9-18)12-19-14(3)10-15-6-7-16(20-4)17(11-15)21-5/h6-7,11,13-14,19H,8-10,12H2,1-5H3. The van der Waals surface area contributed by atoms with Gasteiger partial charge in [-0.05, 0) is 55.2 Å². The van der Waals surface area contributed by atoms with E-state index in [-0.39, 0.29) is 0 Å². The first kappa shape index (κ1) is 16.2. The molecule has 1 aromatic carbocycles. The normalized spacial score (nSPS) is 17.6. The Kier molecular flexibility index (Phi) is 5.15. The van der Waals surface area contributed by atoms with Gasteiger partial charge in [0.2, 0.25) is 0 Å². The molecule has 0 amide bonds. The predicted octanol–water partition coefficient (Wildman–Crippen LogP) is 3.66. The summed E-state index contributed by atoms with van der Waals surface area (Å²) in [5.74, 6) is 2.37. The highest BCUT2D eigenvalue weighted by Gasteiger charge is 2.44. The molecule has 0 saturated heterocycles. The van der Waals surface area contributed by atoms with E-state index in [4.69, 9.17) is 9.47 Å². The van der Waals surface area contributed by atoms with Crippen molar-refractivity contribution < 1.29 is 9.47 Å². The quantitative estimate of drug-likeness (QED) is 0.793. The molecule has 21 heavy (non-hydrogen) atoms. The van der Waals surface area contributed by atoms with Gasteiger partial charge in [-0.3, -0.25) is 0 Å². The van der Waals surface area contributed by atoms with Crippen LogP contribution in [0.1, 0.15) is 39.2 Å². The second-order valence-corrected chi connectivity index (χ2v) is 6.69. The molecule has 1 aromatic rings. The van der Waals surface area contributed by atoms with E-state index in [1.807, 2.05) is 6.07 Å². The monoisotopic (exact) mass is 291 g/mol. The zero-order valence-electron chi connectivity index (χ0n) is 14.0. The fourth-order valence-corrected chi connectivity index (χ4v) is 2.93. The van der Waals surface area contributed by atoms with Gasteiger partial charge in [-0.15, -0.1) is 0 Å². The second-order valence-electron chi connectivity index (χ2n) is 6.69. The van der Waals surface area contributed by atoms with Gasteiger partial charge in [0.25, 0.3) is 0 Å². The van der Waals surface area contributed by atoms with E-state index in [1.54, 1.807) is 14.2 Å². The topological polar surface area (TPSA) is 30.5 Å². The summed E-state index contributed by atoms with van der Waals surface area (Å²) in [6.45, 7) is 8.08. The van der Waals surface area contributed by atoms with Gasteiger partial charge in [0.1, 0.15) is 0 Å². The smallest absolute Gasteiger partial charge is 0.160 e. The number of hydrogen-bond acceptors (Lipinski definition) is 3. The van der Waals surface area contributed by atoms with Crippen molar-refractivity contribution in [1.82, 2.24) is 5.32 Å². The van der Waals surface area contributed by atoms with Gasteiger partial charge < -0.3 is 14.8 Å². The minimum atomic E-state index is 0.472. The van der Waals surface area contributed by atoms with Crippen molar-refractivity contribution in [1.29, 1.82) is 0 Å². The van der Waals surface area contributed by atoms with Crippen molar-refractivity contribution in [2.45, 2.75) is 46.1 Å². The molecule has 1 fully saturated rings. The number of nitrogens with one attached hydrogen (secondary N) is 1. The molecular formula is C18H29NO2. The van der Waals surface area contributed by atoms with E-state index < -0.39 is 0 Å². The number of hydrogen-bond donors (Lipinski definition) is 1. The molecule has 1 aliphatic carbocycles. The van der Waals surface area contributed by atoms with Gasteiger partial charge in [0.15, 0.2) is 11.5 Å². The lowest BCUT2D eigenvalue weighted by Crippen LogP contribution is -2.35. The lowest BCUT2D eigenvalue weighted by atomic mass is 9.92.